The van der Waals surface area contributed by atoms with E-state index in [0.717, 1.165) is 32.7 Å². The van der Waals surface area contributed by atoms with Crippen LogP contribution in [0.25, 0.3) is 0 Å². The van der Waals surface area contributed by atoms with E-state index in [1.165, 1.54) is 5.56 Å². The Bertz CT molecular complexity index is 403. The van der Waals surface area contributed by atoms with Crippen LogP contribution in [0.4, 0.5) is 0 Å². The smallest absolute Gasteiger partial charge is 0.239 e. The van der Waals surface area contributed by atoms with E-state index in [9.17, 15) is 4.79 Å². The first-order chi connectivity index (χ1) is 9.70. The molecule has 0 saturated carbocycles. The van der Waals surface area contributed by atoms with Gasteiger partial charge in [0.15, 0.2) is 0 Å². The van der Waals surface area contributed by atoms with Gasteiger partial charge in [0.1, 0.15) is 0 Å². The summed E-state index contributed by atoms with van der Waals surface area (Å²) in [5, 5.41) is 4.28. The van der Waals surface area contributed by atoms with Crippen LogP contribution in [-0.2, 0) is 16.1 Å². The largest absolute Gasteiger partial charge is 0.385 e. The molecule has 1 fully saturated rings. The molecule has 1 saturated heterocycles. The van der Waals surface area contributed by atoms with Crippen LogP contribution in [-0.4, -0.2) is 61.6 Å². The lowest BCUT2D eigenvalue weighted by molar-refractivity contribution is -0.134. The average molecular weight is 297 g/mol. The normalized spacial score (nSPS) is 18.2. The Balaban J connectivity index is 1.74. The van der Waals surface area contributed by atoms with E-state index in [4.69, 9.17) is 10.5 Å². The fourth-order valence-electron chi connectivity index (χ4n) is 2.37. The number of ether oxygens (including phenoxy) is 1. The highest BCUT2D eigenvalue weighted by Crippen LogP contribution is 2.12. The highest BCUT2D eigenvalue weighted by molar-refractivity contribution is 7.07. The van der Waals surface area contributed by atoms with Gasteiger partial charge in [0.25, 0.3) is 0 Å². The molecule has 1 atom stereocenters. The maximum atomic E-state index is 12.2. The summed E-state index contributed by atoms with van der Waals surface area (Å²) >= 11 is 1.73. The Morgan fingerprint density at radius 1 is 1.45 bits per heavy atom. The lowest BCUT2D eigenvalue weighted by Gasteiger charge is -2.35. The zero-order valence-corrected chi connectivity index (χ0v) is 12.8. The molecule has 0 aliphatic carbocycles. The van der Waals surface area contributed by atoms with Crippen molar-refractivity contribution in [1.82, 2.24) is 9.80 Å². The molecule has 0 spiro atoms. The summed E-state index contributed by atoms with van der Waals surface area (Å²) < 4.78 is 4.97. The molecular weight excluding hydrogens is 274 g/mol. The van der Waals surface area contributed by atoms with E-state index >= 15 is 0 Å². The zero-order valence-electron chi connectivity index (χ0n) is 12.0. The van der Waals surface area contributed by atoms with E-state index in [1.54, 1.807) is 18.4 Å². The summed E-state index contributed by atoms with van der Waals surface area (Å²) in [6.45, 7) is 4.87. The average Bonchev–Trinajstić information content (AvgIpc) is 2.97. The Kier molecular flexibility index (Phi) is 5.97. The minimum absolute atomic E-state index is 0.0530. The monoisotopic (exact) mass is 297 g/mol. The number of hydrogen-bond donors (Lipinski definition) is 1. The van der Waals surface area contributed by atoms with Gasteiger partial charge in [0, 0.05) is 46.4 Å². The number of amides is 1. The van der Waals surface area contributed by atoms with Gasteiger partial charge in [-0.3, -0.25) is 9.69 Å². The number of hydrogen-bond acceptors (Lipinski definition) is 5. The molecule has 20 heavy (non-hydrogen) atoms. The molecule has 6 heteroatoms. The van der Waals surface area contributed by atoms with E-state index in [0.29, 0.717) is 13.0 Å². The summed E-state index contributed by atoms with van der Waals surface area (Å²) in [5.74, 6) is 0.0530. The third-order valence-electron chi connectivity index (χ3n) is 3.62. The minimum atomic E-state index is -0.432. The Morgan fingerprint density at radius 2 is 2.20 bits per heavy atom. The van der Waals surface area contributed by atoms with Crippen molar-refractivity contribution >= 4 is 17.2 Å². The molecule has 2 N–H and O–H groups in total. The predicted octanol–water partition coefficient (Wildman–Crippen LogP) is 0.756. The molecule has 0 radical (unpaired) electrons. The molecule has 1 aromatic heterocycles. The SMILES string of the molecule is COCCC(N)C(=O)N1CCN(Cc2ccsc2)CC1. The maximum absolute atomic E-state index is 12.2. The lowest BCUT2D eigenvalue weighted by Crippen LogP contribution is -2.53. The van der Waals surface area contributed by atoms with E-state index in [-0.39, 0.29) is 5.91 Å². The first-order valence-electron chi connectivity index (χ1n) is 6.97. The molecule has 2 heterocycles. The Labute approximate surface area is 124 Å². The zero-order chi connectivity index (χ0) is 14.4. The van der Waals surface area contributed by atoms with Gasteiger partial charge in [0.05, 0.1) is 6.04 Å². The standard InChI is InChI=1S/C14H23N3O2S/c1-19-8-2-13(15)14(18)17-6-4-16(5-7-17)10-12-3-9-20-11-12/h3,9,11,13H,2,4-8,10,15H2,1H3. The van der Waals surface area contributed by atoms with Crippen LogP contribution in [0.2, 0.25) is 0 Å². The van der Waals surface area contributed by atoms with Crippen LogP contribution in [0.5, 0.6) is 0 Å². The summed E-state index contributed by atoms with van der Waals surface area (Å²) in [7, 11) is 1.63. The van der Waals surface area contributed by atoms with Crippen molar-refractivity contribution in [3.05, 3.63) is 22.4 Å². The second-order valence-electron chi connectivity index (χ2n) is 5.12. The van der Waals surface area contributed by atoms with Gasteiger partial charge in [-0.2, -0.15) is 11.3 Å². The first kappa shape index (κ1) is 15.4. The van der Waals surface area contributed by atoms with Crippen molar-refractivity contribution in [2.75, 3.05) is 39.9 Å². The fourth-order valence-corrected chi connectivity index (χ4v) is 3.03. The molecular formula is C14H23N3O2S. The molecule has 5 nitrogen and oxygen atoms in total. The second-order valence-corrected chi connectivity index (χ2v) is 5.90. The third kappa shape index (κ3) is 4.28. The first-order valence-corrected chi connectivity index (χ1v) is 7.91. The Morgan fingerprint density at radius 3 is 2.80 bits per heavy atom. The van der Waals surface area contributed by atoms with Crippen LogP contribution >= 0.6 is 11.3 Å². The third-order valence-corrected chi connectivity index (χ3v) is 4.35. The summed E-state index contributed by atoms with van der Waals surface area (Å²) in [4.78, 5) is 16.4. The van der Waals surface area contributed by atoms with Crippen molar-refractivity contribution in [3.8, 4) is 0 Å². The van der Waals surface area contributed by atoms with Gasteiger partial charge in [-0.25, -0.2) is 0 Å². The van der Waals surface area contributed by atoms with Crippen LogP contribution < -0.4 is 5.73 Å². The number of nitrogens with zero attached hydrogens (tertiary/aromatic N) is 2. The Hall–Kier alpha value is -0.950. The number of nitrogens with two attached hydrogens (primary N) is 1. The van der Waals surface area contributed by atoms with E-state index < -0.39 is 6.04 Å². The van der Waals surface area contributed by atoms with Crippen LogP contribution in [0.1, 0.15) is 12.0 Å². The maximum Gasteiger partial charge on any atom is 0.239 e. The molecule has 1 aliphatic heterocycles. The van der Waals surface area contributed by atoms with Crippen molar-refractivity contribution < 1.29 is 9.53 Å². The summed E-state index contributed by atoms with van der Waals surface area (Å²) in [6.07, 6.45) is 0.588. The van der Waals surface area contributed by atoms with Gasteiger partial charge >= 0.3 is 0 Å². The van der Waals surface area contributed by atoms with Crippen molar-refractivity contribution in [2.45, 2.75) is 19.0 Å². The van der Waals surface area contributed by atoms with E-state index in [1.807, 2.05) is 4.90 Å². The number of rotatable bonds is 6. The fraction of sp³-hybridized carbons (Fsp3) is 0.643. The van der Waals surface area contributed by atoms with Crippen molar-refractivity contribution in [1.29, 1.82) is 0 Å². The second kappa shape index (κ2) is 7.73. The number of piperazine rings is 1. The summed E-state index contributed by atoms with van der Waals surface area (Å²) in [5.41, 5.74) is 7.25. The van der Waals surface area contributed by atoms with Gasteiger partial charge in [-0.15, -0.1) is 0 Å². The molecule has 0 aromatic carbocycles. The topological polar surface area (TPSA) is 58.8 Å². The van der Waals surface area contributed by atoms with Gasteiger partial charge < -0.3 is 15.4 Å². The molecule has 112 valence electrons. The highest BCUT2D eigenvalue weighted by atomic mass is 32.1. The number of carbonyl (C=O) groups excluding carboxylic acids is 1. The van der Waals surface area contributed by atoms with Crippen molar-refractivity contribution in [2.24, 2.45) is 5.73 Å². The van der Waals surface area contributed by atoms with Gasteiger partial charge in [0.2, 0.25) is 5.91 Å². The van der Waals surface area contributed by atoms with Crippen LogP contribution in [0, 0.1) is 0 Å². The summed E-state index contributed by atoms with van der Waals surface area (Å²) in [6, 6.07) is 1.72. The van der Waals surface area contributed by atoms with Crippen LogP contribution in [0.3, 0.4) is 0 Å². The quantitative estimate of drug-likeness (QED) is 0.842. The molecule has 1 unspecified atom stereocenters. The lowest BCUT2D eigenvalue weighted by atomic mass is 10.1. The van der Waals surface area contributed by atoms with Crippen LogP contribution in [0.15, 0.2) is 16.8 Å². The number of thiophene rings is 1. The molecule has 0 bridgehead atoms. The van der Waals surface area contributed by atoms with E-state index in [2.05, 4.69) is 21.7 Å². The molecule has 1 aromatic rings. The highest BCUT2D eigenvalue weighted by Gasteiger charge is 2.24. The number of carbonyl (C=O) groups is 1. The predicted molar refractivity (Wildman–Crippen MR) is 80.6 cm³/mol. The molecule has 1 amide bonds. The van der Waals surface area contributed by atoms with Crippen molar-refractivity contribution in [3.63, 3.8) is 0 Å². The number of methoxy groups -OCH3 is 1. The molecule has 2 rings (SSSR count). The molecule has 1 aliphatic rings. The minimum Gasteiger partial charge on any atom is -0.385 e. The van der Waals surface area contributed by atoms with Gasteiger partial charge in [-0.05, 0) is 28.8 Å². The van der Waals surface area contributed by atoms with Gasteiger partial charge in [-0.1, -0.05) is 0 Å².